The number of rotatable bonds is 3. The summed E-state index contributed by atoms with van der Waals surface area (Å²) in [6.45, 7) is 6.34. The van der Waals surface area contributed by atoms with E-state index in [9.17, 15) is 0 Å². The first kappa shape index (κ1) is 15.5. The lowest BCUT2D eigenvalue weighted by atomic mass is 9.96. The largest absolute Gasteiger partial charge is 0.493 e. The minimum atomic E-state index is -0.183. The van der Waals surface area contributed by atoms with Gasteiger partial charge in [0.15, 0.2) is 17.3 Å². The maximum absolute atomic E-state index is 5.41. The van der Waals surface area contributed by atoms with Gasteiger partial charge in [-0.2, -0.15) is 14.9 Å². The van der Waals surface area contributed by atoms with E-state index < -0.39 is 0 Å². The van der Waals surface area contributed by atoms with Crippen LogP contribution in [0.1, 0.15) is 32.2 Å². The zero-order valence-corrected chi connectivity index (χ0v) is 14.2. The molecule has 23 heavy (non-hydrogen) atoms. The van der Waals surface area contributed by atoms with Crippen molar-refractivity contribution in [1.82, 2.24) is 14.9 Å². The molecule has 0 aliphatic carbocycles. The van der Waals surface area contributed by atoms with Crippen LogP contribution in [0.2, 0.25) is 0 Å². The van der Waals surface area contributed by atoms with E-state index in [-0.39, 0.29) is 12.2 Å². The van der Waals surface area contributed by atoms with Crippen molar-refractivity contribution in [2.75, 3.05) is 13.9 Å². The van der Waals surface area contributed by atoms with Gasteiger partial charge in [0.05, 0.1) is 13.3 Å². The number of fused-ring (bicyclic) bond motifs is 1. The van der Waals surface area contributed by atoms with Gasteiger partial charge in [0, 0.05) is 11.0 Å². The number of methoxy groups -OCH3 is 1. The number of aromatic amines is 1. The fourth-order valence-corrected chi connectivity index (χ4v) is 2.41. The minimum absolute atomic E-state index is 0.183. The number of nitrogens with one attached hydrogen (secondary N) is 1. The monoisotopic (exact) mass is 334 g/mol. The molecular formula is C15H18N4O3S. The summed E-state index contributed by atoms with van der Waals surface area (Å²) in [5, 5.41) is 11.5. The predicted molar refractivity (Wildman–Crippen MR) is 88.2 cm³/mol. The van der Waals surface area contributed by atoms with Crippen LogP contribution in [0.4, 0.5) is 0 Å². The Hall–Kier alpha value is -2.35. The molecule has 7 nitrogen and oxygen atoms in total. The Kier molecular flexibility index (Phi) is 3.85. The van der Waals surface area contributed by atoms with Crippen LogP contribution in [-0.2, 0) is 5.41 Å². The zero-order chi connectivity index (χ0) is 16.6. The summed E-state index contributed by atoms with van der Waals surface area (Å²) < 4.78 is 18.2. The number of hydrogen-bond acceptors (Lipinski definition) is 6. The molecule has 0 spiro atoms. The summed E-state index contributed by atoms with van der Waals surface area (Å²) in [7, 11) is 1.59. The third-order valence-electron chi connectivity index (χ3n) is 3.32. The van der Waals surface area contributed by atoms with Crippen molar-refractivity contribution >= 4 is 18.4 Å². The summed E-state index contributed by atoms with van der Waals surface area (Å²) in [5.74, 6) is 2.61. The standard InChI is InChI=1S/C15H18N4O3S/c1-15(2,3)13-17-18-14(23)19(13)16-7-9-5-10(20-4)12-11(6-9)21-8-22-12/h5-7H,8H2,1-4H3,(H,18,23)/b16-7-. The lowest BCUT2D eigenvalue weighted by Crippen LogP contribution is -2.17. The van der Waals surface area contributed by atoms with Crippen LogP contribution in [0.25, 0.3) is 0 Å². The van der Waals surface area contributed by atoms with Crippen molar-refractivity contribution in [3.8, 4) is 17.2 Å². The lowest BCUT2D eigenvalue weighted by molar-refractivity contribution is 0.171. The molecule has 3 rings (SSSR count). The second kappa shape index (κ2) is 5.69. The maximum atomic E-state index is 5.41. The average Bonchev–Trinajstić information content (AvgIpc) is 3.10. The van der Waals surface area contributed by atoms with Gasteiger partial charge in [-0.3, -0.25) is 5.10 Å². The molecule has 0 saturated carbocycles. The van der Waals surface area contributed by atoms with Crippen LogP contribution < -0.4 is 14.2 Å². The van der Waals surface area contributed by atoms with Crippen molar-refractivity contribution in [2.45, 2.75) is 26.2 Å². The van der Waals surface area contributed by atoms with Crippen LogP contribution in [0.3, 0.4) is 0 Å². The highest BCUT2D eigenvalue weighted by Crippen LogP contribution is 2.41. The fourth-order valence-electron chi connectivity index (χ4n) is 2.23. The molecule has 1 aliphatic rings. The Bertz CT molecular complexity index is 817. The Balaban J connectivity index is 1.99. The molecule has 2 aromatic rings. The molecule has 1 N–H and O–H groups in total. The fraction of sp³-hybridized carbons (Fsp3) is 0.400. The third kappa shape index (κ3) is 2.94. The minimum Gasteiger partial charge on any atom is -0.493 e. The van der Waals surface area contributed by atoms with Crippen molar-refractivity contribution < 1.29 is 14.2 Å². The zero-order valence-electron chi connectivity index (χ0n) is 13.4. The molecule has 0 unspecified atom stereocenters. The van der Waals surface area contributed by atoms with Crippen molar-refractivity contribution in [1.29, 1.82) is 0 Å². The van der Waals surface area contributed by atoms with Crippen LogP contribution in [0.5, 0.6) is 17.2 Å². The molecule has 8 heteroatoms. The molecule has 0 amide bonds. The lowest BCUT2D eigenvalue weighted by Gasteiger charge is -2.15. The molecule has 0 saturated heterocycles. The highest BCUT2D eigenvalue weighted by molar-refractivity contribution is 7.71. The molecule has 0 bridgehead atoms. The van der Waals surface area contributed by atoms with E-state index in [1.165, 1.54) is 0 Å². The van der Waals surface area contributed by atoms with Crippen LogP contribution in [0, 0.1) is 4.77 Å². The predicted octanol–water partition coefficient (Wildman–Crippen LogP) is 2.86. The van der Waals surface area contributed by atoms with Crippen LogP contribution >= 0.6 is 12.2 Å². The molecule has 0 radical (unpaired) electrons. The first-order valence-electron chi connectivity index (χ1n) is 7.10. The Labute approximate surface area is 138 Å². The van der Waals surface area contributed by atoms with Crippen molar-refractivity contribution in [2.24, 2.45) is 5.10 Å². The summed E-state index contributed by atoms with van der Waals surface area (Å²) in [6, 6.07) is 3.67. The SMILES string of the molecule is COc1cc(/C=N\n2c(C(C)(C)C)n[nH]c2=S)cc2c1OCO2. The van der Waals surface area contributed by atoms with Gasteiger partial charge < -0.3 is 14.2 Å². The van der Waals surface area contributed by atoms with Gasteiger partial charge in [-0.15, -0.1) is 0 Å². The first-order chi connectivity index (χ1) is 10.9. The molecule has 0 fully saturated rings. The maximum Gasteiger partial charge on any atom is 0.231 e. The number of hydrogen-bond donors (Lipinski definition) is 1. The van der Waals surface area contributed by atoms with E-state index in [4.69, 9.17) is 26.4 Å². The topological polar surface area (TPSA) is 73.7 Å². The smallest absolute Gasteiger partial charge is 0.231 e. The average molecular weight is 334 g/mol. The quantitative estimate of drug-likeness (QED) is 0.690. The van der Waals surface area contributed by atoms with E-state index in [2.05, 4.69) is 15.3 Å². The molecule has 2 heterocycles. The second-order valence-corrected chi connectivity index (χ2v) is 6.50. The summed E-state index contributed by atoms with van der Waals surface area (Å²) in [4.78, 5) is 0. The molecular weight excluding hydrogens is 316 g/mol. The van der Waals surface area contributed by atoms with Gasteiger partial charge in [-0.1, -0.05) is 20.8 Å². The number of nitrogens with zero attached hydrogens (tertiary/aromatic N) is 3. The van der Waals surface area contributed by atoms with Crippen molar-refractivity contribution in [3.63, 3.8) is 0 Å². The van der Waals surface area contributed by atoms with Gasteiger partial charge in [-0.05, 0) is 24.4 Å². The van der Waals surface area contributed by atoms with E-state index >= 15 is 0 Å². The highest BCUT2D eigenvalue weighted by atomic mass is 32.1. The third-order valence-corrected chi connectivity index (χ3v) is 3.59. The van der Waals surface area contributed by atoms with E-state index in [1.807, 2.05) is 32.9 Å². The van der Waals surface area contributed by atoms with Crippen LogP contribution in [-0.4, -0.2) is 35.0 Å². The summed E-state index contributed by atoms with van der Waals surface area (Å²) in [6.07, 6.45) is 1.69. The Morgan fingerprint density at radius 1 is 1.39 bits per heavy atom. The highest BCUT2D eigenvalue weighted by Gasteiger charge is 2.22. The first-order valence-corrected chi connectivity index (χ1v) is 7.51. The molecule has 1 aliphatic heterocycles. The molecule has 1 aromatic heterocycles. The van der Waals surface area contributed by atoms with Gasteiger partial charge in [-0.25, -0.2) is 0 Å². The summed E-state index contributed by atoms with van der Waals surface area (Å²) >= 11 is 5.25. The van der Waals surface area contributed by atoms with Gasteiger partial charge >= 0.3 is 0 Å². The normalized spacial score (nSPS) is 13.7. The van der Waals surface area contributed by atoms with Crippen molar-refractivity contribution in [3.05, 3.63) is 28.3 Å². The number of ether oxygens (including phenoxy) is 3. The molecule has 122 valence electrons. The molecule has 0 atom stereocenters. The van der Waals surface area contributed by atoms with E-state index in [0.717, 1.165) is 11.4 Å². The van der Waals surface area contributed by atoms with E-state index in [0.29, 0.717) is 22.0 Å². The van der Waals surface area contributed by atoms with Gasteiger partial charge in [0.25, 0.3) is 0 Å². The van der Waals surface area contributed by atoms with Crippen LogP contribution in [0.15, 0.2) is 17.2 Å². The number of aromatic nitrogens is 3. The van der Waals surface area contributed by atoms with Gasteiger partial charge in [0.1, 0.15) is 0 Å². The van der Waals surface area contributed by atoms with Gasteiger partial charge in [0.2, 0.25) is 17.3 Å². The van der Waals surface area contributed by atoms with E-state index in [1.54, 1.807) is 18.0 Å². The Morgan fingerprint density at radius 2 is 2.17 bits per heavy atom. The summed E-state index contributed by atoms with van der Waals surface area (Å²) in [5.41, 5.74) is 0.631. The number of benzene rings is 1. The Morgan fingerprint density at radius 3 is 2.87 bits per heavy atom. The number of H-pyrrole nitrogens is 1. The molecule has 1 aromatic carbocycles. The second-order valence-electron chi connectivity index (χ2n) is 6.12.